The molecule has 1 atom stereocenters. The minimum Gasteiger partial charge on any atom is -0.465 e. The molecule has 0 saturated carbocycles. The zero-order valence-corrected chi connectivity index (χ0v) is 9.04. The van der Waals surface area contributed by atoms with E-state index < -0.39 is 6.09 Å². The Labute approximate surface area is 86.1 Å². The zero-order valence-electron chi connectivity index (χ0n) is 9.04. The first-order valence-corrected chi connectivity index (χ1v) is 5.75. The summed E-state index contributed by atoms with van der Waals surface area (Å²) in [5, 5.41) is 8.99. The molecule has 1 amide bonds. The fourth-order valence-electron chi connectivity index (χ4n) is 2.18. The molecule has 1 heterocycles. The molecule has 1 aliphatic rings. The van der Waals surface area contributed by atoms with E-state index in [2.05, 4.69) is 6.92 Å². The van der Waals surface area contributed by atoms with Crippen molar-refractivity contribution < 1.29 is 9.90 Å². The third kappa shape index (κ3) is 3.20. The van der Waals surface area contributed by atoms with Crippen molar-refractivity contribution >= 4 is 6.09 Å². The van der Waals surface area contributed by atoms with Crippen molar-refractivity contribution in [1.29, 1.82) is 0 Å². The summed E-state index contributed by atoms with van der Waals surface area (Å²) in [5.74, 6) is 0. The number of piperidine rings is 1. The van der Waals surface area contributed by atoms with Crippen LogP contribution in [0.5, 0.6) is 0 Å². The van der Waals surface area contributed by atoms with Crippen LogP contribution in [-0.4, -0.2) is 28.7 Å². The molecule has 0 bridgehead atoms. The Morgan fingerprint density at radius 1 is 1.43 bits per heavy atom. The van der Waals surface area contributed by atoms with E-state index in [1.165, 1.54) is 25.7 Å². The number of amides is 1. The maximum atomic E-state index is 10.9. The van der Waals surface area contributed by atoms with E-state index in [0.717, 1.165) is 25.8 Å². The summed E-state index contributed by atoms with van der Waals surface area (Å²) in [4.78, 5) is 12.6. The van der Waals surface area contributed by atoms with Crippen LogP contribution in [0.3, 0.4) is 0 Å². The number of carboxylic acid groups (broad SMARTS) is 1. The molecule has 0 spiro atoms. The van der Waals surface area contributed by atoms with Gasteiger partial charge in [0.2, 0.25) is 0 Å². The Hall–Kier alpha value is -0.730. The number of likely N-dealkylation sites (tertiary alicyclic amines) is 1. The Balaban J connectivity index is 2.34. The third-order valence-corrected chi connectivity index (χ3v) is 3.01. The second kappa shape index (κ2) is 5.89. The van der Waals surface area contributed by atoms with Crippen LogP contribution in [0.1, 0.15) is 51.9 Å². The molecule has 0 radical (unpaired) electrons. The van der Waals surface area contributed by atoms with E-state index in [9.17, 15) is 4.79 Å². The number of carbonyl (C=O) groups is 1. The molecule has 0 unspecified atom stereocenters. The van der Waals surface area contributed by atoms with Crippen molar-refractivity contribution in [1.82, 2.24) is 4.90 Å². The molecule has 1 rings (SSSR count). The third-order valence-electron chi connectivity index (χ3n) is 3.01. The van der Waals surface area contributed by atoms with Gasteiger partial charge in [0.15, 0.2) is 0 Å². The van der Waals surface area contributed by atoms with E-state index in [4.69, 9.17) is 5.11 Å². The van der Waals surface area contributed by atoms with Crippen LogP contribution < -0.4 is 0 Å². The van der Waals surface area contributed by atoms with Gasteiger partial charge in [0.25, 0.3) is 0 Å². The van der Waals surface area contributed by atoms with Gasteiger partial charge in [-0.25, -0.2) is 4.79 Å². The lowest BCUT2D eigenvalue weighted by molar-refractivity contribution is 0.102. The lowest BCUT2D eigenvalue weighted by Gasteiger charge is -2.33. The van der Waals surface area contributed by atoms with Crippen LogP contribution in [-0.2, 0) is 0 Å². The van der Waals surface area contributed by atoms with Crippen molar-refractivity contribution in [2.24, 2.45) is 0 Å². The normalized spacial score (nSPS) is 22.4. The second-order valence-electron chi connectivity index (χ2n) is 4.12. The van der Waals surface area contributed by atoms with Gasteiger partial charge in [0.05, 0.1) is 0 Å². The molecule has 14 heavy (non-hydrogen) atoms. The van der Waals surface area contributed by atoms with Gasteiger partial charge in [-0.05, 0) is 25.7 Å². The van der Waals surface area contributed by atoms with Crippen LogP contribution >= 0.6 is 0 Å². The van der Waals surface area contributed by atoms with E-state index in [0.29, 0.717) is 6.04 Å². The number of unbranched alkanes of at least 4 members (excludes halogenated alkanes) is 2. The Bertz CT molecular complexity index is 182. The quantitative estimate of drug-likeness (QED) is 0.707. The van der Waals surface area contributed by atoms with Crippen LogP contribution in [0, 0.1) is 0 Å². The smallest absolute Gasteiger partial charge is 0.407 e. The van der Waals surface area contributed by atoms with Gasteiger partial charge < -0.3 is 10.0 Å². The average Bonchev–Trinajstić information content (AvgIpc) is 2.19. The Morgan fingerprint density at radius 3 is 2.86 bits per heavy atom. The first kappa shape index (κ1) is 11.3. The minimum absolute atomic E-state index is 0.299. The summed E-state index contributed by atoms with van der Waals surface area (Å²) in [6.45, 7) is 2.92. The molecule has 1 fully saturated rings. The summed E-state index contributed by atoms with van der Waals surface area (Å²) in [7, 11) is 0. The average molecular weight is 199 g/mol. The highest BCUT2D eigenvalue weighted by Gasteiger charge is 2.25. The van der Waals surface area contributed by atoms with Crippen LogP contribution in [0.15, 0.2) is 0 Å². The zero-order chi connectivity index (χ0) is 10.4. The second-order valence-corrected chi connectivity index (χ2v) is 4.12. The van der Waals surface area contributed by atoms with Gasteiger partial charge in [-0.1, -0.05) is 26.2 Å². The minimum atomic E-state index is -0.730. The van der Waals surface area contributed by atoms with Gasteiger partial charge in [0, 0.05) is 12.6 Å². The van der Waals surface area contributed by atoms with Crippen LogP contribution in [0.2, 0.25) is 0 Å². The number of nitrogens with zero attached hydrogens (tertiary/aromatic N) is 1. The fourth-order valence-corrected chi connectivity index (χ4v) is 2.18. The standard InChI is InChI=1S/C11H21NO2/c1-2-3-4-7-10-8-5-6-9-12(10)11(13)14/h10H,2-9H2,1H3,(H,13,14)/t10-/m1/s1. The lowest BCUT2D eigenvalue weighted by atomic mass is 9.97. The van der Waals surface area contributed by atoms with Crippen molar-refractivity contribution in [3.05, 3.63) is 0 Å². The van der Waals surface area contributed by atoms with Crippen LogP contribution in [0.4, 0.5) is 4.79 Å². The van der Waals surface area contributed by atoms with E-state index in [1.54, 1.807) is 4.90 Å². The van der Waals surface area contributed by atoms with Gasteiger partial charge in [-0.2, -0.15) is 0 Å². The first-order chi connectivity index (χ1) is 6.75. The molecular weight excluding hydrogens is 178 g/mol. The number of hydrogen-bond acceptors (Lipinski definition) is 1. The number of hydrogen-bond donors (Lipinski definition) is 1. The summed E-state index contributed by atoms with van der Waals surface area (Å²) in [6, 6.07) is 0.299. The molecule has 82 valence electrons. The summed E-state index contributed by atoms with van der Waals surface area (Å²) >= 11 is 0. The van der Waals surface area contributed by atoms with Crippen LogP contribution in [0.25, 0.3) is 0 Å². The highest BCUT2D eigenvalue weighted by Crippen LogP contribution is 2.21. The lowest BCUT2D eigenvalue weighted by Crippen LogP contribution is -2.42. The topological polar surface area (TPSA) is 40.5 Å². The van der Waals surface area contributed by atoms with Crippen molar-refractivity contribution in [3.8, 4) is 0 Å². The van der Waals surface area contributed by atoms with Crippen molar-refractivity contribution in [2.75, 3.05) is 6.54 Å². The van der Waals surface area contributed by atoms with Gasteiger partial charge >= 0.3 is 6.09 Å². The molecule has 0 aromatic heterocycles. The molecule has 0 aromatic rings. The van der Waals surface area contributed by atoms with Crippen molar-refractivity contribution in [2.45, 2.75) is 57.9 Å². The molecule has 1 saturated heterocycles. The predicted octanol–water partition coefficient (Wildman–Crippen LogP) is 3.10. The molecule has 1 aliphatic heterocycles. The SMILES string of the molecule is CCCCC[C@@H]1CCCCN1C(=O)O. The molecule has 1 N–H and O–H groups in total. The fraction of sp³-hybridized carbons (Fsp3) is 0.909. The monoisotopic (exact) mass is 199 g/mol. The van der Waals surface area contributed by atoms with Gasteiger partial charge in [0.1, 0.15) is 0 Å². The first-order valence-electron chi connectivity index (χ1n) is 5.75. The predicted molar refractivity (Wildman–Crippen MR) is 56.5 cm³/mol. The molecule has 0 aromatic carbocycles. The largest absolute Gasteiger partial charge is 0.465 e. The Kier molecular flexibility index (Phi) is 4.77. The summed E-state index contributed by atoms with van der Waals surface area (Å²) in [6.07, 6.45) is 7.23. The van der Waals surface area contributed by atoms with Gasteiger partial charge in [-0.15, -0.1) is 0 Å². The van der Waals surface area contributed by atoms with E-state index >= 15 is 0 Å². The molecule has 0 aliphatic carbocycles. The van der Waals surface area contributed by atoms with E-state index in [-0.39, 0.29) is 0 Å². The molecular formula is C11H21NO2. The molecule has 3 heteroatoms. The Morgan fingerprint density at radius 2 is 2.21 bits per heavy atom. The maximum absolute atomic E-state index is 10.9. The summed E-state index contributed by atoms with van der Waals surface area (Å²) in [5.41, 5.74) is 0. The van der Waals surface area contributed by atoms with Crippen molar-refractivity contribution in [3.63, 3.8) is 0 Å². The van der Waals surface area contributed by atoms with Gasteiger partial charge in [-0.3, -0.25) is 0 Å². The summed E-state index contributed by atoms with van der Waals surface area (Å²) < 4.78 is 0. The highest BCUT2D eigenvalue weighted by molar-refractivity contribution is 5.65. The molecule has 3 nitrogen and oxygen atoms in total. The maximum Gasteiger partial charge on any atom is 0.407 e. The highest BCUT2D eigenvalue weighted by atomic mass is 16.4. The number of rotatable bonds is 4. The van der Waals surface area contributed by atoms with E-state index in [1.807, 2.05) is 0 Å².